The zero-order valence-corrected chi connectivity index (χ0v) is 10.5. The summed E-state index contributed by atoms with van der Waals surface area (Å²) >= 11 is 5.89. The Morgan fingerprint density at radius 1 is 1.40 bits per heavy atom. The first-order valence-corrected chi connectivity index (χ1v) is 5.60. The number of rotatable bonds is 3. The summed E-state index contributed by atoms with van der Waals surface area (Å²) in [6.45, 7) is 0. The third kappa shape index (κ3) is 2.76. The number of hydrogen-bond acceptors (Lipinski definition) is 5. The molecule has 2 rings (SSSR count). The predicted molar refractivity (Wildman–Crippen MR) is 67.6 cm³/mol. The van der Waals surface area contributed by atoms with Crippen molar-refractivity contribution in [2.45, 2.75) is 0 Å². The average molecular weight is 292 g/mol. The second-order valence-electron chi connectivity index (χ2n) is 3.64. The quantitative estimate of drug-likeness (QED) is 0.895. The molecule has 8 heteroatoms. The number of benzene rings is 1. The smallest absolute Gasteiger partial charge is 0.374 e. The molecule has 1 aromatic carbocycles. The molecule has 2 aromatic rings. The van der Waals surface area contributed by atoms with Crippen molar-refractivity contribution in [3.63, 3.8) is 0 Å². The van der Waals surface area contributed by atoms with Gasteiger partial charge < -0.3 is 14.9 Å². The van der Waals surface area contributed by atoms with Gasteiger partial charge in [-0.1, -0.05) is 16.8 Å². The lowest BCUT2D eigenvalue weighted by molar-refractivity contribution is 0.0651. The summed E-state index contributed by atoms with van der Waals surface area (Å²) in [6.07, 6.45) is 0. The van der Waals surface area contributed by atoms with Crippen LogP contribution in [0.1, 0.15) is 26.6 Å². The second kappa shape index (κ2) is 5.42. The van der Waals surface area contributed by atoms with E-state index in [1.54, 1.807) is 0 Å². The molecular weight excluding hydrogens is 286 g/mol. The number of anilines is 1. The predicted octanol–water partition coefficient (Wildman–Crippen LogP) is 2.15. The Kier molecular flexibility index (Phi) is 3.68. The van der Waals surface area contributed by atoms with Crippen LogP contribution >= 0.6 is 11.6 Å². The van der Waals surface area contributed by atoms with Gasteiger partial charge in [0.05, 0.1) is 22.3 Å². The molecule has 0 atom stereocenters. The van der Waals surface area contributed by atoms with Crippen LogP contribution in [-0.2, 0) is 0 Å². The molecule has 1 aromatic heterocycles. The minimum Gasteiger partial charge on any atom is -0.475 e. The number of hydrogen-bond donors (Lipinski definition) is 2. The van der Waals surface area contributed by atoms with E-state index in [4.69, 9.17) is 22.0 Å². The van der Waals surface area contributed by atoms with Gasteiger partial charge in [0, 0.05) is 6.07 Å². The van der Waals surface area contributed by atoms with E-state index in [1.807, 2.05) is 6.07 Å². The van der Waals surface area contributed by atoms with Crippen LogP contribution in [0.15, 0.2) is 28.8 Å². The van der Waals surface area contributed by atoms with Crippen LogP contribution < -0.4 is 5.32 Å². The first kappa shape index (κ1) is 13.6. The van der Waals surface area contributed by atoms with Gasteiger partial charge in [0.15, 0.2) is 5.69 Å². The molecule has 0 spiro atoms. The summed E-state index contributed by atoms with van der Waals surface area (Å²) in [6, 6.07) is 7.23. The van der Waals surface area contributed by atoms with Crippen LogP contribution in [0.3, 0.4) is 0 Å². The number of nitrogens with one attached hydrogen (secondary N) is 1. The molecule has 100 valence electrons. The largest absolute Gasteiger partial charge is 0.475 e. The molecule has 0 unspecified atom stereocenters. The van der Waals surface area contributed by atoms with Crippen molar-refractivity contribution in [3.8, 4) is 6.07 Å². The molecule has 0 aliphatic rings. The number of carboxylic acids is 1. The van der Waals surface area contributed by atoms with Gasteiger partial charge in [-0.05, 0) is 18.2 Å². The molecule has 0 bridgehead atoms. The van der Waals surface area contributed by atoms with Gasteiger partial charge in [0.25, 0.3) is 5.91 Å². The zero-order valence-electron chi connectivity index (χ0n) is 9.75. The molecule has 0 saturated heterocycles. The van der Waals surface area contributed by atoms with E-state index in [0.717, 1.165) is 6.07 Å². The Hall–Kier alpha value is -2.85. The number of carbonyl (C=O) groups is 2. The van der Waals surface area contributed by atoms with Crippen molar-refractivity contribution < 1.29 is 19.2 Å². The summed E-state index contributed by atoms with van der Waals surface area (Å²) in [5.41, 5.74) is 0.431. The highest BCUT2D eigenvalue weighted by atomic mass is 35.5. The summed E-state index contributed by atoms with van der Waals surface area (Å²) in [4.78, 5) is 22.4. The Morgan fingerprint density at radius 2 is 2.15 bits per heavy atom. The zero-order chi connectivity index (χ0) is 14.7. The Labute approximate surface area is 117 Å². The minimum atomic E-state index is -1.33. The fourth-order valence-corrected chi connectivity index (χ4v) is 1.58. The van der Waals surface area contributed by atoms with Crippen molar-refractivity contribution in [3.05, 3.63) is 46.3 Å². The molecular formula is C12H6ClN3O4. The normalized spacial score (nSPS) is 9.80. The van der Waals surface area contributed by atoms with Gasteiger partial charge in [-0.25, -0.2) is 4.79 Å². The highest BCUT2D eigenvalue weighted by molar-refractivity contribution is 6.34. The van der Waals surface area contributed by atoms with Gasteiger partial charge in [-0.2, -0.15) is 5.26 Å². The summed E-state index contributed by atoms with van der Waals surface area (Å²) in [5.74, 6) is -2.44. The SMILES string of the molecule is N#Cc1ccc(NC(=O)c2cc(C(=O)O)on2)c(Cl)c1. The van der Waals surface area contributed by atoms with E-state index < -0.39 is 17.6 Å². The standard InChI is InChI=1S/C12H6ClN3O4/c13-7-3-6(5-14)1-2-8(7)15-11(17)9-4-10(12(18)19)20-16-9/h1-4H,(H,15,17)(H,18,19). The first-order valence-electron chi connectivity index (χ1n) is 5.22. The maximum absolute atomic E-state index is 11.8. The van der Waals surface area contributed by atoms with E-state index in [0.29, 0.717) is 5.56 Å². The monoisotopic (exact) mass is 291 g/mol. The van der Waals surface area contributed by atoms with E-state index in [2.05, 4.69) is 15.0 Å². The number of nitrogens with zero attached hydrogens (tertiary/aromatic N) is 2. The van der Waals surface area contributed by atoms with Gasteiger partial charge in [-0.15, -0.1) is 0 Å². The van der Waals surface area contributed by atoms with Gasteiger partial charge in [0.1, 0.15) is 0 Å². The molecule has 0 saturated carbocycles. The molecule has 0 fully saturated rings. The topological polar surface area (TPSA) is 116 Å². The van der Waals surface area contributed by atoms with Gasteiger partial charge in [-0.3, -0.25) is 4.79 Å². The van der Waals surface area contributed by atoms with Crippen LogP contribution in [0.25, 0.3) is 0 Å². The van der Waals surface area contributed by atoms with Crippen LogP contribution in [0.5, 0.6) is 0 Å². The molecule has 2 N–H and O–H groups in total. The molecule has 7 nitrogen and oxygen atoms in total. The van der Waals surface area contributed by atoms with Crippen LogP contribution in [0.4, 0.5) is 5.69 Å². The third-order valence-electron chi connectivity index (χ3n) is 2.30. The highest BCUT2D eigenvalue weighted by Gasteiger charge is 2.17. The number of carboxylic acid groups (broad SMARTS) is 1. The molecule has 1 heterocycles. The highest BCUT2D eigenvalue weighted by Crippen LogP contribution is 2.23. The van der Waals surface area contributed by atoms with E-state index in [1.165, 1.54) is 18.2 Å². The number of nitriles is 1. The molecule has 20 heavy (non-hydrogen) atoms. The Balaban J connectivity index is 2.19. The fraction of sp³-hybridized carbons (Fsp3) is 0. The maximum Gasteiger partial charge on any atom is 0.374 e. The number of halogens is 1. The van der Waals surface area contributed by atoms with E-state index in [9.17, 15) is 9.59 Å². The third-order valence-corrected chi connectivity index (χ3v) is 2.61. The van der Waals surface area contributed by atoms with Crippen molar-refractivity contribution in [2.24, 2.45) is 0 Å². The van der Waals surface area contributed by atoms with E-state index >= 15 is 0 Å². The maximum atomic E-state index is 11.8. The summed E-state index contributed by atoms with van der Waals surface area (Å²) in [5, 5.41) is 23.3. The van der Waals surface area contributed by atoms with Crippen molar-refractivity contribution in [2.75, 3.05) is 5.32 Å². The number of aromatic nitrogens is 1. The summed E-state index contributed by atoms with van der Waals surface area (Å²) < 4.78 is 4.47. The lowest BCUT2D eigenvalue weighted by atomic mass is 10.2. The lowest BCUT2D eigenvalue weighted by Crippen LogP contribution is -2.12. The lowest BCUT2D eigenvalue weighted by Gasteiger charge is -2.05. The average Bonchev–Trinajstić information content (AvgIpc) is 2.91. The Morgan fingerprint density at radius 3 is 2.70 bits per heavy atom. The summed E-state index contributed by atoms with van der Waals surface area (Å²) in [7, 11) is 0. The van der Waals surface area contributed by atoms with Crippen LogP contribution in [0.2, 0.25) is 5.02 Å². The van der Waals surface area contributed by atoms with Crippen molar-refractivity contribution in [1.29, 1.82) is 5.26 Å². The second-order valence-corrected chi connectivity index (χ2v) is 4.05. The fourth-order valence-electron chi connectivity index (χ4n) is 1.36. The minimum absolute atomic E-state index is 0.180. The van der Waals surface area contributed by atoms with Crippen LogP contribution in [-0.4, -0.2) is 22.1 Å². The van der Waals surface area contributed by atoms with Crippen molar-refractivity contribution in [1.82, 2.24) is 5.16 Å². The van der Waals surface area contributed by atoms with Crippen LogP contribution in [0, 0.1) is 11.3 Å². The van der Waals surface area contributed by atoms with E-state index in [-0.39, 0.29) is 16.4 Å². The first-order chi connectivity index (χ1) is 9.51. The van der Waals surface area contributed by atoms with Crippen molar-refractivity contribution >= 4 is 29.2 Å². The number of carbonyl (C=O) groups excluding carboxylic acids is 1. The number of amides is 1. The Bertz CT molecular complexity index is 733. The molecule has 0 aliphatic heterocycles. The van der Waals surface area contributed by atoms with Gasteiger partial charge in [0.2, 0.25) is 5.76 Å². The molecule has 0 radical (unpaired) electrons. The molecule has 0 aliphatic carbocycles. The molecule has 1 amide bonds. The number of aromatic carboxylic acids is 1. The van der Waals surface area contributed by atoms with Gasteiger partial charge >= 0.3 is 5.97 Å².